The Kier molecular flexibility index (Phi) is 4.70. The van der Waals surface area contributed by atoms with Gasteiger partial charge in [-0.1, -0.05) is 42.5 Å². The molecule has 2 aromatic carbocycles. The topological polar surface area (TPSA) is 55.1 Å². The van der Waals surface area contributed by atoms with Crippen molar-refractivity contribution < 1.29 is 4.79 Å². The fraction of sp³-hybridized carbons (Fsp3) is 0.188. The molecule has 0 fully saturated rings. The van der Waals surface area contributed by atoms with Crippen molar-refractivity contribution in [3.8, 4) is 0 Å². The second-order valence-corrected chi connectivity index (χ2v) is 4.42. The molecule has 0 spiro atoms. The van der Waals surface area contributed by atoms with Crippen LogP contribution >= 0.6 is 0 Å². The number of para-hydroxylation sites is 1. The van der Waals surface area contributed by atoms with Crippen LogP contribution in [0, 0.1) is 0 Å². The van der Waals surface area contributed by atoms with Gasteiger partial charge in [0.25, 0.3) is 0 Å². The molecule has 0 aliphatic carbocycles. The Bertz CT molecular complexity index is 537. The summed E-state index contributed by atoms with van der Waals surface area (Å²) < 4.78 is 0. The molecule has 0 unspecified atom stereocenters. The lowest BCUT2D eigenvalue weighted by atomic mass is 10.1. The summed E-state index contributed by atoms with van der Waals surface area (Å²) in [4.78, 5) is 12.0. The summed E-state index contributed by atoms with van der Waals surface area (Å²) in [6, 6.07) is 17.3. The van der Waals surface area contributed by atoms with E-state index in [4.69, 9.17) is 5.73 Å². The second kappa shape index (κ2) is 6.71. The molecule has 0 amide bonds. The molecule has 3 nitrogen and oxygen atoms in total. The van der Waals surface area contributed by atoms with Crippen LogP contribution in [0.3, 0.4) is 0 Å². The van der Waals surface area contributed by atoms with Crippen LogP contribution < -0.4 is 11.1 Å². The molecule has 0 atom stereocenters. The average molecular weight is 254 g/mol. The standard InChI is InChI=1S/C16H18N2O/c17-15-9-5-4-8-14(15)16(19)10-11-18-12-13-6-2-1-3-7-13/h1-9,18H,10-12,17H2. The van der Waals surface area contributed by atoms with E-state index in [9.17, 15) is 4.79 Å². The molecule has 19 heavy (non-hydrogen) atoms. The van der Waals surface area contributed by atoms with Crippen LogP contribution in [0.15, 0.2) is 54.6 Å². The van der Waals surface area contributed by atoms with Crippen LogP contribution in [-0.4, -0.2) is 12.3 Å². The number of nitrogens with two attached hydrogens (primary N) is 1. The van der Waals surface area contributed by atoms with Gasteiger partial charge in [0.1, 0.15) is 0 Å². The molecule has 98 valence electrons. The van der Waals surface area contributed by atoms with Gasteiger partial charge >= 0.3 is 0 Å². The molecule has 0 saturated carbocycles. The molecule has 3 heteroatoms. The predicted molar refractivity (Wildman–Crippen MR) is 78.0 cm³/mol. The number of carbonyl (C=O) groups excluding carboxylic acids is 1. The molecule has 2 rings (SSSR count). The molecule has 3 N–H and O–H groups in total. The highest BCUT2D eigenvalue weighted by Gasteiger charge is 2.07. The van der Waals surface area contributed by atoms with Crippen molar-refractivity contribution in [3.05, 3.63) is 65.7 Å². The highest BCUT2D eigenvalue weighted by molar-refractivity contribution is 6.00. The van der Waals surface area contributed by atoms with Crippen molar-refractivity contribution in [2.24, 2.45) is 0 Å². The van der Waals surface area contributed by atoms with Crippen LogP contribution in [-0.2, 0) is 6.54 Å². The van der Waals surface area contributed by atoms with Crippen molar-refractivity contribution in [3.63, 3.8) is 0 Å². The van der Waals surface area contributed by atoms with E-state index in [-0.39, 0.29) is 5.78 Å². The quantitative estimate of drug-likeness (QED) is 0.473. The summed E-state index contributed by atoms with van der Waals surface area (Å²) >= 11 is 0. The van der Waals surface area contributed by atoms with E-state index in [1.807, 2.05) is 30.3 Å². The van der Waals surface area contributed by atoms with E-state index >= 15 is 0 Å². The van der Waals surface area contributed by atoms with Crippen molar-refractivity contribution in [1.29, 1.82) is 0 Å². The Balaban J connectivity index is 1.77. The van der Waals surface area contributed by atoms with Crippen molar-refractivity contribution >= 4 is 11.5 Å². The van der Waals surface area contributed by atoms with Gasteiger partial charge in [-0.05, 0) is 17.7 Å². The Hall–Kier alpha value is -2.13. The third-order valence-electron chi connectivity index (χ3n) is 2.96. The summed E-state index contributed by atoms with van der Waals surface area (Å²) in [6.45, 7) is 1.43. The third-order valence-corrected chi connectivity index (χ3v) is 2.96. The third kappa shape index (κ3) is 3.93. The first-order chi connectivity index (χ1) is 9.27. The lowest BCUT2D eigenvalue weighted by molar-refractivity contribution is 0.0983. The summed E-state index contributed by atoms with van der Waals surface area (Å²) in [5, 5.41) is 3.26. The van der Waals surface area contributed by atoms with Gasteiger partial charge < -0.3 is 11.1 Å². The van der Waals surface area contributed by atoms with Crippen molar-refractivity contribution in [2.45, 2.75) is 13.0 Å². The van der Waals surface area contributed by atoms with Crippen molar-refractivity contribution in [2.75, 3.05) is 12.3 Å². The van der Waals surface area contributed by atoms with Gasteiger partial charge in [-0.25, -0.2) is 0 Å². The van der Waals surface area contributed by atoms with Gasteiger partial charge in [0, 0.05) is 30.8 Å². The van der Waals surface area contributed by atoms with Gasteiger partial charge in [-0.2, -0.15) is 0 Å². The van der Waals surface area contributed by atoms with E-state index in [0.717, 1.165) is 6.54 Å². The fourth-order valence-corrected chi connectivity index (χ4v) is 1.92. The maximum atomic E-state index is 12.0. The molecule has 0 radical (unpaired) electrons. The SMILES string of the molecule is Nc1ccccc1C(=O)CCNCc1ccccc1. The number of anilines is 1. The van der Waals surface area contributed by atoms with Crippen LogP contribution in [0.2, 0.25) is 0 Å². The zero-order valence-corrected chi connectivity index (χ0v) is 10.8. The van der Waals surface area contributed by atoms with Gasteiger partial charge in [-0.3, -0.25) is 4.79 Å². The Morgan fingerprint density at radius 2 is 1.68 bits per heavy atom. The number of hydrogen-bond acceptors (Lipinski definition) is 3. The Morgan fingerprint density at radius 3 is 2.42 bits per heavy atom. The lowest BCUT2D eigenvalue weighted by Gasteiger charge is -2.06. The second-order valence-electron chi connectivity index (χ2n) is 4.42. The molecule has 0 bridgehead atoms. The average Bonchev–Trinajstić information content (AvgIpc) is 2.45. The normalized spacial score (nSPS) is 10.3. The molecular formula is C16H18N2O. The van der Waals surface area contributed by atoms with Crippen LogP contribution in [0.25, 0.3) is 0 Å². The first-order valence-corrected chi connectivity index (χ1v) is 6.40. The summed E-state index contributed by atoms with van der Waals surface area (Å²) in [6.07, 6.45) is 0.459. The molecule has 2 aromatic rings. The van der Waals surface area contributed by atoms with Crippen LogP contribution in [0.4, 0.5) is 5.69 Å². The number of benzene rings is 2. The molecule has 0 aromatic heterocycles. The number of nitrogen functional groups attached to an aromatic ring is 1. The monoisotopic (exact) mass is 254 g/mol. The maximum absolute atomic E-state index is 12.0. The molecular weight excluding hydrogens is 236 g/mol. The number of Topliss-reactive ketones (excluding diaryl/α,β-unsaturated/α-hetero) is 1. The van der Waals surface area contributed by atoms with Gasteiger partial charge in [0.2, 0.25) is 0 Å². The Morgan fingerprint density at radius 1 is 1.00 bits per heavy atom. The van der Waals surface area contributed by atoms with Gasteiger partial charge in [0.15, 0.2) is 5.78 Å². The van der Waals surface area contributed by atoms with E-state index < -0.39 is 0 Å². The van der Waals surface area contributed by atoms with E-state index in [1.54, 1.807) is 12.1 Å². The fourth-order valence-electron chi connectivity index (χ4n) is 1.92. The minimum Gasteiger partial charge on any atom is -0.398 e. The molecule has 0 aliphatic heterocycles. The van der Waals surface area contributed by atoms with E-state index in [0.29, 0.717) is 24.2 Å². The molecule has 0 heterocycles. The number of nitrogens with one attached hydrogen (secondary N) is 1. The smallest absolute Gasteiger partial charge is 0.166 e. The lowest BCUT2D eigenvalue weighted by Crippen LogP contribution is -2.18. The van der Waals surface area contributed by atoms with Crippen molar-refractivity contribution in [1.82, 2.24) is 5.32 Å². The minimum atomic E-state index is 0.0821. The zero-order chi connectivity index (χ0) is 13.5. The minimum absolute atomic E-state index is 0.0821. The van der Waals surface area contributed by atoms with E-state index in [2.05, 4.69) is 17.4 Å². The van der Waals surface area contributed by atoms with E-state index in [1.165, 1.54) is 5.56 Å². The zero-order valence-electron chi connectivity index (χ0n) is 10.8. The first kappa shape index (κ1) is 13.3. The summed E-state index contributed by atoms with van der Waals surface area (Å²) in [5.41, 5.74) is 8.16. The molecule has 0 aliphatic rings. The van der Waals surface area contributed by atoms with Gasteiger partial charge in [0.05, 0.1) is 0 Å². The Labute approximate surface area is 113 Å². The predicted octanol–water partition coefficient (Wildman–Crippen LogP) is 2.63. The maximum Gasteiger partial charge on any atom is 0.166 e. The number of rotatable bonds is 6. The number of ketones is 1. The highest BCUT2D eigenvalue weighted by Crippen LogP contribution is 2.12. The summed E-state index contributed by atoms with van der Waals surface area (Å²) in [7, 11) is 0. The van der Waals surface area contributed by atoms with Crippen LogP contribution in [0.1, 0.15) is 22.3 Å². The summed E-state index contributed by atoms with van der Waals surface area (Å²) in [5.74, 6) is 0.0821. The van der Waals surface area contributed by atoms with Gasteiger partial charge in [-0.15, -0.1) is 0 Å². The molecule has 0 saturated heterocycles. The van der Waals surface area contributed by atoms with Crippen LogP contribution in [0.5, 0.6) is 0 Å². The number of carbonyl (C=O) groups is 1. The largest absolute Gasteiger partial charge is 0.398 e. The highest BCUT2D eigenvalue weighted by atomic mass is 16.1. The number of hydrogen-bond donors (Lipinski definition) is 2. The first-order valence-electron chi connectivity index (χ1n) is 6.40.